The van der Waals surface area contributed by atoms with Crippen LogP contribution in [0.4, 0.5) is 4.79 Å². The second-order valence-corrected chi connectivity index (χ2v) is 6.48. The first-order valence-corrected chi connectivity index (χ1v) is 6.89. The SMILES string of the molecule is CC(C)(C)NC(=O)CN1C(=O)NC2(CCCNC2)C1=O. The first-order chi connectivity index (χ1) is 9.23. The first kappa shape index (κ1) is 14.8. The van der Waals surface area contributed by atoms with Gasteiger partial charge in [-0.05, 0) is 40.2 Å². The average molecular weight is 282 g/mol. The topological polar surface area (TPSA) is 90.5 Å². The fraction of sp³-hybridized carbons (Fsp3) is 0.769. The third-order valence-electron chi connectivity index (χ3n) is 3.45. The van der Waals surface area contributed by atoms with Crippen LogP contribution in [0.3, 0.4) is 0 Å². The van der Waals surface area contributed by atoms with E-state index < -0.39 is 11.6 Å². The lowest BCUT2D eigenvalue weighted by atomic mass is 9.90. The molecule has 1 unspecified atom stereocenters. The van der Waals surface area contributed by atoms with Crippen LogP contribution in [0.2, 0.25) is 0 Å². The Morgan fingerprint density at radius 3 is 2.65 bits per heavy atom. The standard InChI is InChI=1S/C13H22N4O3/c1-12(2,3)15-9(18)7-17-10(19)13(16-11(17)20)5-4-6-14-8-13/h14H,4-8H2,1-3H3,(H,15,18)(H,16,20). The summed E-state index contributed by atoms with van der Waals surface area (Å²) in [7, 11) is 0. The minimum atomic E-state index is -0.864. The van der Waals surface area contributed by atoms with E-state index in [1.54, 1.807) is 0 Å². The number of imide groups is 1. The molecule has 2 aliphatic rings. The van der Waals surface area contributed by atoms with Gasteiger partial charge in [-0.25, -0.2) is 4.79 Å². The van der Waals surface area contributed by atoms with Crippen LogP contribution in [0.1, 0.15) is 33.6 Å². The summed E-state index contributed by atoms with van der Waals surface area (Å²) in [5, 5.41) is 8.60. The molecule has 2 heterocycles. The molecule has 2 saturated heterocycles. The van der Waals surface area contributed by atoms with E-state index in [4.69, 9.17) is 0 Å². The van der Waals surface area contributed by atoms with E-state index in [9.17, 15) is 14.4 Å². The van der Waals surface area contributed by atoms with Gasteiger partial charge in [-0.3, -0.25) is 14.5 Å². The Morgan fingerprint density at radius 2 is 2.10 bits per heavy atom. The highest BCUT2D eigenvalue weighted by Crippen LogP contribution is 2.24. The quantitative estimate of drug-likeness (QED) is 0.600. The maximum absolute atomic E-state index is 12.4. The Morgan fingerprint density at radius 1 is 1.40 bits per heavy atom. The molecule has 112 valence electrons. The fourth-order valence-electron chi connectivity index (χ4n) is 2.62. The van der Waals surface area contributed by atoms with E-state index in [-0.39, 0.29) is 23.9 Å². The lowest BCUT2D eigenvalue weighted by Crippen LogP contribution is -2.57. The van der Waals surface area contributed by atoms with Crippen LogP contribution < -0.4 is 16.0 Å². The second-order valence-electron chi connectivity index (χ2n) is 6.48. The molecule has 2 rings (SSSR count). The van der Waals surface area contributed by atoms with Gasteiger partial charge >= 0.3 is 6.03 Å². The van der Waals surface area contributed by atoms with Gasteiger partial charge in [0.25, 0.3) is 5.91 Å². The summed E-state index contributed by atoms with van der Waals surface area (Å²) in [6.07, 6.45) is 1.44. The van der Waals surface area contributed by atoms with Gasteiger partial charge in [0.15, 0.2) is 0 Å². The van der Waals surface area contributed by atoms with Crippen molar-refractivity contribution in [2.75, 3.05) is 19.6 Å². The van der Waals surface area contributed by atoms with E-state index in [0.29, 0.717) is 13.0 Å². The highest BCUT2D eigenvalue weighted by molar-refractivity contribution is 6.09. The molecule has 3 N–H and O–H groups in total. The third-order valence-corrected chi connectivity index (χ3v) is 3.45. The number of piperidine rings is 1. The number of carbonyl (C=O) groups excluding carboxylic acids is 3. The molecule has 4 amide bonds. The number of nitrogens with one attached hydrogen (secondary N) is 3. The number of amides is 4. The van der Waals surface area contributed by atoms with Crippen LogP contribution in [0.5, 0.6) is 0 Å². The van der Waals surface area contributed by atoms with Gasteiger partial charge in [0.1, 0.15) is 12.1 Å². The van der Waals surface area contributed by atoms with E-state index in [2.05, 4.69) is 16.0 Å². The van der Waals surface area contributed by atoms with Gasteiger partial charge in [-0.2, -0.15) is 0 Å². The maximum Gasteiger partial charge on any atom is 0.325 e. The summed E-state index contributed by atoms with van der Waals surface area (Å²) >= 11 is 0. The Hall–Kier alpha value is -1.63. The summed E-state index contributed by atoms with van der Waals surface area (Å²) in [5.41, 5.74) is -1.25. The molecule has 7 heteroatoms. The number of urea groups is 1. The van der Waals surface area contributed by atoms with E-state index in [0.717, 1.165) is 17.9 Å². The van der Waals surface area contributed by atoms with Crippen molar-refractivity contribution in [1.82, 2.24) is 20.9 Å². The van der Waals surface area contributed by atoms with Crippen molar-refractivity contribution in [2.24, 2.45) is 0 Å². The molecule has 2 aliphatic heterocycles. The highest BCUT2D eigenvalue weighted by Gasteiger charge is 2.51. The summed E-state index contributed by atoms with van der Waals surface area (Å²) in [6, 6.07) is -0.484. The predicted molar refractivity (Wildman–Crippen MR) is 73.0 cm³/mol. The molecular weight excluding hydrogens is 260 g/mol. The van der Waals surface area contributed by atoms with E-state index in [1.807, 2.05) is 20.8 Å². The molecule has 20 heavy (non-hydrogen) atoms. The number of nitrogens with zero attached hydrogens (tertiary/aromatic N) is 1. The van der Waals surface area contributed by atoms with Crippen molar-refractivity contribution in [2.45, 2.75) is 44.7 Å². The lowest BCUT2D eigenvalue weighted by Gasteiger charge is -2.31. The van der Waals surface area contributed by atoms with Crippen molar-refractivity contribution < 1.29 is 14.4 Å². The Balaban J connectivity index is 2.04. The number of rotatable bonds is 2. The molecule has 0 saturated carbocycles. The van der Waals surface area contributed by atoms with Crippen molar-refractivity contribution in [3.8, 4) is 0 Å². The van der Waals surface area contributed by atoms with Crippen LogP contribution >= 0.6 is 0 Å². The van der Waals surface area contributed by atoms with Crippen LogP contribution in [0.15, 0.2) is 0 Å². The zero-order valence-corrected chi connectivity index (χ0v) is 12.2. The van der Waals surface area contributed by atoms with Crippen LogP contribution in [0, 0.1) is 0 Å². The molecule has 1 atom stereocenters. The number of hydrogen-bond acceptors (Lipinski definition) is 4. The highest BCUT2D eigenvalue weighted by atomic mass is 16.2. The van der Waals surface area contributed by atoms with Crippen molar-refractivity contribution >= 4 is 17.8 Å². The van der Waals surface area contributed by atoms with E-state index >= 15 is 0 Å². The zero-order chi connectivity index (χ0) is 15.0. The van der Waals surface area contributed by atoms with Gasteiger partial charge in [-0.15, -0.1) is 0 Å². The molecule has 1 spiro atoms. The fourth-order valence-corrected chi connectivity index (χ4v) is 2.62. The third kappa shape index (κ3) is 2.92. The summed E-state index contributed by atoms with van der Waals surface area (Å²) in [6.45, 7) is 6.59. The Bertz CT molecular complexity index is 435. The van der Waals surface area contributed by atoms with Crippen LogP contribution in [-0.4, -0.2) is 53.5 Å². The molecule has 0 aromatic carbocycles. The van der Waals surface area contributed by atoms with Crippen LogP contribution in [-0.2, 0) is 9.59 Å². The molecular formula is C13H22N4O3. The first-order valence-electron chi connectivity index (χ1n) is 6.89. The molecule has 0 radical (unpaired) electrons. The largest absolute Gasteiger partial charge is 0.350 e. The number of hydrogen-bond donors (Lipinski definition) is 3. The second kappa shape index (κ2) is 5.05. The lowest BCUT2D eigenvalue weighted by molar-refractivity contribution is -0.135. The smallest absolute Gasteiger partial charge is 0.325 e. The van der Waals surface area contributed by atoms with Crippen LogP contribution in [0.25, 0.3) is 0 Å². The monoisotopic (exact) mass is 282 g/mol. The summed E-state index contributed by atoms with van der Waals surface area (Å²) in [5.74, 6) is -0.638. The van der Waals surface area contributed by atoms with Crippen molar-refractivity contribution in [1.29, 1.82) is 0 Å². The minimum Gasteiger partial charge on any atom is -0.350 e. The normalized spacial score (nSPS) is 26.9. The van der Waals surface area contributed by atoms with E-state index in [1.165, 1.54) is 0 Å². The minimum absolute atomic E-state index is 0.232. The molecule has 0 aliphatic carbocycles. The maximum atomic E-state index is 12.4. The molecule has 0 aromatic heterocycles. The molecule has 7 nitrogen and oxygen atoms in total. The average Bonchev–Trinajstić information content (AvgIpc) is 2.53. The van der Waals surface area contributed by atoms with Gasteiger partial charge in [0, 0.05) is 12.1 Å². The van der Waals surface area contributed by atoms with Gasteiger partial charge in [-0.1, -0.05) is 0 Å². The Labute approximate surface area is 118 Å². The van der Waals surface area contributed by atoms with Gasteiger partial charge in [0.2, 0.25) is 5.91 Å². The Kier molecular flexibility index (Phi) is 3.73. The number of carbonyl (C=O) groups is 3. The zero-order valence-electron chi connectivity index (χ0n) is 12.2. The summed E-state index contributed by atoms with van der Waals surface area (Å²) in [4.78, 5) is 37.2. The molecule has 0 aromatic rings. The molecule has 0 bridgehead atoms. The summed E-state index contributed by atoms with van der Waals surface area (Å²) < 4.78 is 0. The van der Waals surface area contributed by atoms with Gasteiger partial charge < -0.3 is 16.0 Å². The van der Waals surface area contributed by atoms with Crippen molar-refractivity contribution in [3.05, 3.63) is 0 Å². The van der Waals surface area contributed by atoms with Gasteiger partial charge in [0.05, 0.1) is 0 Å². The predicted octanol–water partition coefficient (Wildman–Crippen LogP) is -0.425. The molecule has 2 fully saturated rings. The van der Waals surface area contributed by atoms with Crippen molar-refractivity contribution in [3.63, 3.8) is 0 Å².